The fraction of sp³-hybridized carbons (Fsp3) is 0.273. The van der Waals surface area contributed by atoms with Crippen LogP contribution < -0.4 is 5.32 Å². The van der Waals surface area contributed by atoms with E-state index in [2.05, 4.69) is 20.5 Å². The number of rotatable bonds is 5. The topological polar surface area (TPSA) is 136 Å². The van der Waals surface area contributed by atoms with E-state index in [1.54, 1.807) is 18.5 Å². The number of hydrogen-bond donors (Lipinski definition) is 2. The summed E-state index contributed by atoms with van der Waals surface area (Å²) < 4.78 is 1.70. The minimum Gasteiger partial charge on any atom is -0.477 e. The Hall–Kier alpha value is -3.04. The highest BCUT2D eigenvalue weighted by molar-refractivity contribution is 5.93. The second-order valence-electron chi connectivity index (χ2n) is 4.32. The average molecular weight is 292 g/mol. The Balaban J connectivity index is 2.29. The first-order valence-electron chi connectivity index (χ1n) is 5.88. The number of nitro groups is 1. The molecule has 1 atom stereocenters. The van der Waals surface area contributed by atoms with Crippen molar-refractivity contribution in [2.75, 3.05) is 5.32 Å². The molecule has 0 saturated heterocycles. The SMILES string of the molecule is CC(Nc1cc(C(=O)O)c([N+](=O)[O-])cn1)c1nncn1C. The van der Waals surface area contributed by atoms with Crippen molar-refractivity contribution in [3.05, 3.63) is 40.1 Å². The van der Waals surface area contributed by atoms with E-state index in [9.17, 15) is 14.9 Å². The predicted molar refractivity (Wildman–Crippen MR) is 70.9 cm³/mol. The highest BCUT2D eigenvalue weighted by Crippen LogP contribution is 2.22. The van der Waals surface area contributed by atoms with Gasteiger partial charge < -0.3 is 15.0 Å². The molecule has 2 heterocycles. The van der Waals surface area contributed by atoms with Gasteiger partial charge in [0.1, 0.15) is 23.9 Å². The van der Waals surface area contributed by atoms with Crippen LogP contribution in [0.4, 0.5) is 11.5 Å². The van der Waals surface area contributed by atoms with E-state index in [0.29, 0.717) is 5.82 Å². The molecule has 0 fully saturated rings. The number of anilines is 1. The number of hydrogen-bond acceptors (Lipinski definition) is 7. The van der Waals surface area contributed by atoms with Crippen molar-refractivity contribution in [3.63, 3.8) is 0 Å². The lowest BCUT2D eigenvalue weighted by Gasteiger charge is -2.13. The zero-order valence-electron chi connectivity index (χ0n) is 11.2. The van der Waals surface area contributed by atoms with Gasteiger partial charge in [0.2, 0.25) is 0 Å². The van der Waals surface area contributed by atoms with E-state index in [4.69, 9.17) is 5.11 Å². The van der Waals surface area contributed by atoms with Crippen molar-refractivity contribution in [2.24, 2.45) is 7.05 Å². The fourth-order valence-electron chi connectivity index (χ4n) is 1.81. The van der Waals surface area contributed by atoms with Crippen LogP contribution in [-0.2, 0) is 7.05 Å². The van der Waals surface area contributed by atoms with Crippen LogP contribution in [-0.4, -0.2) is 35.7 Å². The van der Waals surface area contributed by atoms with Crippen molar-refractivity contribution in [1.82, 2.24) is 19.7 Å². The van der Waals surface area contributed by atoms with E-state index in [1.807, 2.05) is 0 Å². The van der Waals surface area contributed by atoms with Crippen LogP contribution in [0.15, 0.2) is 18.6 Å². The van der Waals surface area contributed by atoms with Crippen molar-refractivity contribution >= 4 is 17.5 Å². The minimum absolute atomic E-state index is 0.202. The third-order valence-electron chi connectivity index (χ3n) is 2.81. The maximum absolute atomic E-state index is 11.1. The number of carboxylic acid groups (broad SMARTS) is 1. The molecule has 21 heavy (non-hydrogen) atoms. The first-order valence-corrected chi connectivity index (χ1v) is 5.88. The third kappa shape index (κ3) is 2.94. The lowest BCUT2D eigenvalue weighted by atomic mass is 10.2. The summed E-state index contributed by atoms with van der Waals surface area (Å²) in [6.07, 6.45) is 2.44. The molecule has 2 N–H and O–H groups in total. The Kier molecular flexibility index (Phi) is 3.78. The monoisotopic (exact) mass is 292 g/mol. The Morgan fingerprint density at radius 3 is 2.81 bits per heavy atom. The summed E-state index contributed by atoms with van der Waals surface area (Å²) in [5.41, 5.74) is -0.984. The van der Waals surface area contributed by atoms with E-state index < -0.39 is 22.1 Å². The van der Waals surface area contributed by atoms with Crippen LogP contribution in [0, 0.1) is 10.1 Å². The number of aromatic carboxylic acids is 1. The maximum Gasteiger partial charge on any atom is 0.342 e. The molecule has 10 heteroatoms. The van der Waals surface area contributed by atoms with Crippen LogP contribution >= 0.6 is 0 Å². The maximum atomic E-state index is 11.1. The second kappa shape index (κ2) is 5.53. The molecule has 0 saturated carbocycles. The molecule has 0 aliphatic heterocycles. The summed E-state index contributed by atoms with van der Waals surface area (Å²) in [5.74, 6) is -0.570. The van der Waals surface area contributed by atoms with E-state index in [0.717, 1.165) is 12.3 Å². The normalized spacial score (nSPS) is 11.9. The standard InChI is InChI=1S/C11H12N6O4/c1-6(10-15-13-5-16(10)2)14-9-3-7(11(18)19)8(4-12-9)17(20)21/h3-6H,1-2H3,(H,12,14)(H,18,19). The predicted octanol–water partition coefficient (Wildman–Crippen LogP) is 0.990. The number of nitrogens with one attached hydrogen (secondary N) is 1. The lowest BCUT2D eigenvalue weighted by molar-refractivity contribution is -0.385. The van der Waals surface area contributed by atoms with Gasteiger partial charge in [0.15, 0.2) is 5.82 Å². The van der Waals surface area contributed by atoms with Gasteiger partial charge in [0, 0.05) is 13.1 Å². The quantitative estimate of drug-likeness (QED) is 0.615. The summed E-state index contributed by atoms with van der Waals surface area (Å²) in [4.78, 5) is 24.9. The molecule has 0 aliphatic rings. The molecule has 0 radical (unpaired) electrons. The number of aryl methyl sites for hydroxylation is 1. The smallest absolute Gasteiger partial charge is 0.342 e. The highest BCUT2D eigenvalue weighted by Gasteiger charge is 2.22. The summed E-state index contributed by atoms with van der Waals surface area (Å²) in [7, 11) is 1.76. The van der Waals surface area contributed by atoms with E-state index in [-0.39, 0.29) is 11.9 Å². The molecule has 10 nitrogen and oxygen atoms in total. The molecule has 2 rings (SSSR count). The zero-order valence-corrected chi connectivity index (χ0v) is 11.2. The van der Waals surface area contributed by atoms with Gasteiger partial charge in [-0.1, -0.05) is 0 Å². The molecule has 1 unspecified atom stereocenters. The van der Waals surface area contributed by atoms with Gasteiger partial charge in [-0.25, -0.2) is 9.78 Å². The first kappa shape index (κ1) is 14.4. The summed E-state index contributed by atoms with van der Waals surface area (Å²) in [6.45, 7) is 1.79. The molecule has 110 valence electrons. The van der Waals surface area contributed by atoms with Crippen LogP contribution in [0.3, 0.4) is 0 Å². The van der Waals surface area contributed by atoms with Gasteiger partial charge in [0.05, 0.1) is 11.0 Å². The van der Waals surface area contributed by atoms with Crippen molar-refractivity contribution in [1.29, 1.82) is 0 Å². The second-order valence-corrected chi connectivity index (χ2v) is 4.32. The van der Waals surface area contributed by atoms with Gasteiger partial charge in [-0.15, -0.1) is 10.2 Å². The number of nitrogens with zero attached hydrogens (tertiary/aromatic N) is 5. The summed E-state index contributed by atoms with van der Waals surface area (Å²) >= 11 is 0. The molecule has 0 bridgehead atoms. The molecular formula is C11H12N6O4. The Bertz CT molecular complexity index is 698. The zero-order chi connectivity index (χ0) is 15.6. The lowest BCUT2D eigenvalue weighted by Crippen LogP contribution is -2.14. The third-order valence-corrected chi connectivity index (χ3v) is 2.81. The van der Waals surface area contributed by atoms with Gasteiger partial charge in [-0.2, -0.15) is 0 Å². The van der Waals surface area contributed by atoms with Crippen molar-refractivity contribution < 1.29 is 14.8 Å². The van der Waals surface area contributed by atoms with E-state index in [1.165, 1.54) is 6.33 Å². The summed E-state index contributed by atoms with van der Waals surface area (Å²) in [6, 6.07) is 0.820. The Morgan fingerprint density at radius 1 is 1.57 bits per heavy atom. The number of carbonyl (C=O) groups is 1. The minimum atomic E-state index is -1.39. The van der Waals surface area contributed by atoms with E-state index >= 15 is 0 Å². The number of carboxylic acids is 1. The van der Waals surface area contributed by atoms with Crippen LogP contribution in [0.2, 0.25) is 0 Å². The molecule has 2 aromatic rings. The number of pyridine rings is 1. The van der Waals surface area contributed by atoms with Gasteiger partial charge in [0.25, 0.3) is 0 Å². The first-order chi connectivity index (χ1) is 9.90. The molecule has 2 aromatic heterocycles. The molecule has 0 aliphatic carbocycles. The highest BCUT2D eigenvalue weighted by atomic mass is 16.6. The largest absolute Gasteiger partial charge is 0.477 e. The Morgan fingerprint density at radius 2 is 2.29 bits per heavy atom. The fourth-order valence-corrected chi connectivity index (χ4v) is 1.81. The van der Waals surface area contributed by atoms with Crippen LogP contribution in [0.1, 0.15) is 29.1 Å². The molecular weight excluding hydrogens is 280 g/mol. The van der Waals surface area contributed by atoms with Crippen molar-refractivity contribution in [3.8, 4) is 0 Å². The molecule has 0 spiro atoms. The van der Waals surface area contributed by atoms with Crippen molar-refractivity contribution in [2.45, 2.75) is 13.0 Å². The van der Waals surface area contributed by atoms with Gasteiger partial charge in [-0.05, 0) is 6.92 Å². The average Bonchev–Trinajstić information content (AvgIpc) is 2.84. The number of aromatic nitrogens is 4. The van der Waals surface area contributed by atoms with Crippen LogP contribution in [0.25, 0.3) is 0 Å². The summed E-state index contributed by atoms with van der Waals surface area (Å²) in [5, 5.41) is 30.3. The van der Waals surface area contributed by atoms with Gasteiger partial charge in [-0.3, -0.25) is 10.1 Å². The molecule has 0 aromatic carbocycles. The van der Waals surface area contributed by atoms with Gasteiger partial charge >= 0.3 is 11.7 Å². The molecule has 0 amide bonds. The van der Waals surface area contributed by atoms with Crippen LogP contribution in [0.5, 0.6) is 0 Å². The Labute approximate surface area is 118 Å².